The van der Waals surface area contributed by atoms with Gasteiger partial charge < -0.3 is 9.84 Å². The van der Waals surface area contributed by atoms with Gasteiger partial charge in [-0.05, 0) is 39.0 Å². The number of carbonyl (C=O) groups is 2. The molecule has 17 heavy (non-hydrogen) atoms. The highest BCUT2D eigenvalue weighted by Crippen LogP contribution is 2.15. The smallest absolute Gasteiger partial charge is 0.338 e. The van der Waals surface area contributed by atoms with Crippen LogP contribution in [0.3, 0.4) is 0 Å². The molecule has 0 atom stereocenters. The first-order valence-electron chi connectivity index (χ1n) is 4.97. The summed E-state index contributed by atoms with van der Waals surface area (Å²) in [5.41, 5.74) is -1.17. The maximum Gasteiger partial charge on any atom is 0.338 e. The van der Waals surface area contributed by atoms with Crippen molar-refractivity contribution < 1.29 is 23.8 Å². The van der Waals surface area contributed by atoms with E-state index in [0.717, 1.165) is 12.1 Å². The Bertz CT molecular complexity index is 460. The van der Waals surface area contributed by atoms with E-state index in [2.05, 4.69) is 0 Å². The summed E-state index contributed by atoms with van der Waals surface area (Å²) in [5.74, 6) is -3.02. The van der Waals surface area contributed by atoms with E-state index in [9.17, 15) is 14.0 Å². The molecule has 1 rings (SSSR count). The number of ether oxygens (including phenoxy) is 1. The van der Waals surface area contributed by atoms with Crippen LogP contribution in [0.4, 0.5) is 4.39 Å². The number of benzene rings is 1. The largest absolute Gasteiger partial charge is 0.478 e. The molecule has 1 N–H and O–H groups in total. The van der Waals surface area contributed by atoms with Gasteiger partial charge in [0.2, 0.25) is 0 Å². The van der Waals surface area contributed by atoms with Gasteiger partial charge in [0.25, 0.3) is 0 Å². The van der Waals surface area contributed by atoms with Crippen LogP contribution in [0.2, 0.25) is 0 Å². The lowest BCUT2D eigenvalue weighted by Crippen LogP contribution is -2.24. The van der Waals surface area contributed by atoms with Gasteiger partial charge in [-0.25, -0.2) is 14.0 Å². The molecule has 0 unspecified atom stereocenters. The summed E-state index contributed by atoms with van der Waals surface area (Å²) in [7, 11) is 0. The fourth-order valence-electron chi connectivity index (χ4n) is 1.15. The lowest BCUT2D eigenvalue weighted by Gasteiger charge is -2.19. The Morgan fingerprint density at radius 1 is 1.29 bits per heavy atom. The van der Waals surface area contributed by atoms with E-state index in [4.69, 9.17) is 9.84 Å². The molecule has 5 heteroatoms. The molecule has 0 aliphatic carbocycles. The highest BCUT2D eigenvalue weighted by atomic mass is 19.1. The molecule has 0 fully saturated rings. The minimum atomic E-state index is -1.38. The number of rotatable bonds is 2. The van der Waals surface area contributed by atoms with Crippen molar-refractivity contribution >= 4 is 11.9 Å². The molecule has 0 saturated heterocycles. The van der Waals surface area contributed by atoms with E-state index in [-0.39, 0.29) is 5.56 Å². The normalized spacial score (nSPS) is 11.1. The third-order valence-electron chi connectivity index (χ3n) is 1.83. The van der Waals surface area contributed by atoms with Crippen LogP contribution < -0.4 is 0 Å². The summed E-state index contributed by atoms with van der Waals surface area (Å²) < 4.78 is 18.3. The number of halogens is 1. The molecule has 0 amide bonds. The number of carboxylic acids is 1. The highest BCUT2D eigenvalue weighted by Gasteiger charge is 2.19. The molecule has 1 aromatic rings. The third kappa shape index (κ3) is 3.55. The van der Waals surface area contributed by atoms with Crippen molar-refractivity contribution in [2.24, 2.45) is 0 Å². The predicted molar refractivity (Wildman–Crippen MR) is 58.5 cm³/mol. The number of hydrogen-bond donors (Lipinski definition) is 1. The average molecular weight is 240 g/mol. The maximum absolute atomic E-state index is 13.3. The first-order chi connectivity index (χ1) is 7.70. The van der Waals surface area contributed by atoms with Gasteiger partial charge in [-0.15, -0.1) is 0 Å². The van der Waals surface area contributed by atoms with Crippen molar-refractivity contribution in [3.05, 3.63) is 35.1 Å². The molecule has 1 aromatic carbocycles. The van der Waals surface area contributed by atoms with Gasteiger partial charge in [0, 0.05) is 0 Å². The minimum absolute atomic E-state index is 0.0116. The molecule has 0 saturated carbocycles. The Labute approximate surface area is 98.0 Å². The van der Waals surface area contributed by atoms with E-state index in [1.54, 1.807) is 20.8 Å². The molecule has 0 radical (unpaired) electrons. The highest BCUT2D eigenvalue weighted by molar-refractivity contribution is 5.93. The van der Waals surface area contributed by atoms with Crippen molar-refractivity contribution in [2.75, 3.05) is 0 Å². The molecular formula is C12H13FO4. The van der Waals surface area contributed by atoms with Gasteiger partial charge in [0.1, 0.15) is 11.4 Å². The zero-order valence-electron chi connectivity index (χ0n) is 9.78. The number of carbonyl (C=O) groups excluding carboxylic acids is 1. The number of aromatic carboxylic acids is 1. The second-order valence-corrected chi connectivity index (χ2v) is 4.50. The van der Waals surface area contributed by atoms with E-state index in [0.29, 0.717) is 0 Å². The van der Waals surface area contributed by atoms with Crippen LogP contribution in [0.5, 0.6) is 0 Å². The standard InChI is InChI=1S/C12H13FO4/c1-12(2,3)17-11(16)7-4-5-8(10(14)15)9(13)6-7/h4-6H,1-3H3,(H,14,15). The molecular weight excluding hydrogens is 227 g/mol. The molecule has 0 heterocycles. The van der Waals surface area contributed by atoms with Crippen molar-refractivity contribution in [3.8, 4) is 0 Å². The number of hydrogen-bond acceptors (Lipinski definition) is 3. The molecule has 0 aliphatic rings. The summed E-state index contributed by atoms with van der Waals surface area (Å²) in [6.45, 7) is 5.06. The van der Waals surface area contributed by atoms with Gasteiger partial charge in [-0.1, -0.05) is 0 Å². The quantitative estimate of drug-likeness (QED) is 0.806. The van der Waals surface area contributed by atoms with Crippen LogP contribution in [0.25, 0.3) is 0 Å². The van der Waals surface area contributed by atoms with Gasteiger partial charge in [0.05, 0.1) is 11.1 Å². The van der Waals surface area contributed by atoms with Crippen LogP contribution in [-0.4, -0.2) is 22.6 Å². The lowest BCUT2D eigenvalue weighted by atomic mass is 10.1. The Hall–Kier alpha value is -1.91. The van der Waals surface area contributed by atoms with E-state index in [1.165, 1.54) is 6.07 Å². The third-order valence-corrected chi connectivity index (χ3v) is 1.83. The Kier molecular flexibility index (Phi) is 3.50. The first-order valence-corrected chi connectivity index (χ1v) is 4.97. The topological polar surface area (TPSA) is 63.6 Å². The van der Waals surface area contributed by atoms with E-state index < -0.39 is 28.9 Å². The Balaban J connectivity index is 2.98. The minimum Gasteiger partial charge on any atom is -0.478 e. The zero-order valence-corrected chi connectivity index (χ0v) is 9.78. The lowest BCUT2D eigenvalue weighted by molar-refractivity contribution is 0.00685. The first kappa shape index (κ1) is 13.2. The summed E-state index contributed by atoms with van der Waals surface area (Å²) in [4.78, 5) is 22.1. The van der Waals surface area contributed by atoms with Gasteiger partial charge in [-0.2, -0.15) is 0 Å². The zero-order chi connectivity index (χ0) is 13.2. The van der Waals surface area contributed by atoms with Gasteiger partial charge in [0.15, 0.2) is 0 Å². The molecule has 4 nitrogen and oxygen atoms in total. The van der Waals surface area contributed by atoms with Crippen LogP contribution in [0.1, 0.15) is 41.5 Å². The summed E-state index contributed by atoms with van der Waals surface area (Å²) >= 11 is 0. The van der Waals surface area contributed by atoms with Crippen molar-refractivity contribution in [1.82, 2.24) is 0 Å². The second-order valence-electron chi connectivity index (χ2n) is 4.50. The number of carboxylic acid groups (broad SMARTS) is 1. The monoisotopic (exact) mass is 240 g/mol. The summed E-state index contributed by atoms with van der Waals surface area (Å²) in [5, 5.41) is 8.63. The fourth-order valence-corrected chi connectivity index (χ4v) is 1.15. The van der Waals surface area contributed by atoms with E-state index in [1.807, 2.05) is 0 Å². The molecule has 0 spiro atoms. The van der Waals surface area contributed by atoms with Crippen molar-refractivity contribution in [1.29, 1.82) is 0 Å². The van der Waals surface area contributed by atoms with Crippen LogP contribution >= 0.6 is 0 Å². The van der Waals surface area contributed by atoms with Crippen LogP contribution in [0.15, 0.2) is 18.2 Å². The van der Waals surface area contributed by atoms with Crippen molar-refractivity contribution in [3.63, 3.8) is 0 Å². The van der Waals surface area contributed by atoms with Gasteiger partial charge >= 0.3 is 11.9 Å². The molecule has 92 valence electrons. The second kappa shape index (κ2) is 4.53. The van der Waals surface area contributed by atoms with Crippen LogP contribution in [0, 0.1) is 5.82 Å². The van der Waals surface area contributed by atoms with E-state index >= 15 is 0 Å². The predicted octanol–water partition coefficient (Wildman–Crippen LogP) is 2.48. The average Bonchev–Trinajstić information content (AvgIpc) is 2.14. The SMILES string of the molecule is CC(C)(C)OC(=O)c1ccc(C(=O)O)c(F)c1. The molecule has 0 aliphatic heterocycles. The van der Waals surface area contributed by atoms with Crippen molar-refractivity contribution in [2.45, 2.75) is 26.4 Å². The summed E-state index contributed by atoms with van der Waals surface area (Å²) in [6.07, 6.45) is 0. The fraction of sp³-hybridized carbons (Fsp3) is 0.333. The Morgan fingerprint density at radius 3 is 2.29 bits per heavy atom. The van der Waals surface area contributed by atoms with Gasteiger partial charge in [-0.3, -0.25) is 0 Å². The van der Waals surface area contributed by atoms with Crippen LogP contribution in [-0.2, 0) is 4.74 Å². The Morgan fingerprint density at radius 2 is 1.88 bits per heavy atom. The molecule has 0 aromatic heterocycles. The maximum atomic E-state index is 13.3. The number of esters is 1. The molecule has 0 bridgehead atoms. The summed E-state index contributed by atoms with van der Waals surface area (Å²) in [6, 6.07) is 3.12.